The monoisotopic (exact) mass is 167 g/mol. The molecule has 1 aromatic rings. The maximum atomic E-state index is 4.97. The standard InChI is InChI=1S/C9H13NO2/c1-11-9(12-2)10-8-6-4-3-5-7-8/h3-7,9-10H,1-2H3. The number of methoxy groups -OCH3 is 2. The first kappa shape index (κ1) is 9.03. The molecule has 0 aliphatic rings. The molecular weight excluding hydrogens is 154 g/mol. The van der Waals surface area contributed by atoms with Crippen molar-refractivity contribution >= 4 is 5.69 Å². The van der Waals surface area contributed by atoms with Gasteiger partial charge in [-0.3, -0.25) is 0 Å². The van der Waals surface area contributed by atoms with E-state index in [4.69, 9.17) is 9.47 Å². The van der Waals surface area contributed by atoms with Gasteiger partial charge in [0.2, 0.25) is 6.41 Å². The Morgan fingerprint density at radius 2 is 1.67 bits per heavy atom. The fourth-order valence-corrected chi connectivity index (χ4v) is 0.885. The number of rotatable bonds is 4. The smallest absolute Gasteiger partial charge is 0.237 e. The lowest BCUT2D eigenvalue weighted by Crippen LogP contribution is -2.23. The molecule has 0 spiro atoms. The Balaban J connectivity index is 2.51. The zero-order valence-corrected chi connectivity index (χ0v) is 7.28. The first-order chi connectivity index (χ1) is 5.86. The quantitative estimate of drug-likeness (QED) is 0.692. The zero-order chi connectivity index (χ0) is 8.81. The van der Waals surface area contributed by atoms with E-state index in [1.807, 2.05) is 30.3 Å². The molecule has 0 saturated carbocycles. The van der Waals surface area contributed by atoms with Gasteiger partial charge in [0.25, 0.3) is 0 Å². The second-order valence-electron chi connectivity index (χ2n) is 2.31. The summed E-state index contributed by atoms with van der Waals surface area (Å²) in [5, 5.41) is 3.03. The largest absolute Gasteiger partial charge is 0.339 e. The number of para-hydroxylation sites is 1. The van der Waals surface area contributed by atoms with Crippen molar-refractivity contribution < 1.29 is 9.47 Å². The maximum Gasteiger partial charge on any atom is 0.237 e. The SMILES string of the molecule is COC(Nc1ccccc1)OC. The Morgan fingerprint density at radius 1 is 1.08 bits per heavy atom. The Hall–Kier alpha value is -1.06. The third kappa shape index (κ3) is 2.53. The molecule has 3 nitrogen and oxygen atoms in total. The number of hydrogen-bond acceptors (Lipinski definition) is 3. The van der Waals surface area contributed by atoms with E-state index >= 15 is 0 Å². The van der Waals surface area contributed by atoms with E-state index < -0.39 is 0 Å². The Kier molecular flexibility index (Phi) is 3.57. The van der Waals surface area contributed by atoms with E-state index in [1.165, 1.54) is 0 Å². The first-order valence-corrected chi connectivity index (χ1v) is 3.74. The lowest BCUT2D eigenvalue weighted by atomic mass is 10.3. The highest BCUT2D eigenvalue weighted by Crippen LogP contribution is 2.07. The second kappa shape index (κ2) is 4.74. The van der Waals surface area contributed by atoms with Crippen LogP contribution in [-0.2, 0) is 9.47 Å². The van der Waals surface area contributed by atoms with E-state index in [-0.39, 0.29) is 6.41 Å². The van der Waals surface area contributed by atoms with Gasteiger partial charge in [-0.2, -0.15) is 0 Å². The van der Waals surface area contributed by atoms with Gasteiger partial charge in [0.05, 0.1) is 0 Å². The van der Waals surface area contributed by atoms with Gasteiger partial charge in [-0.15, -0.1) is 0 Å². The lowest BCUT2D eigenvalue weighted by Gasteiger charge is -2.15. The molecule has 0 bridgehead atoms. The summed E-state index contributed by atoms with van der Waals surface area (Å²) >= 11 is 0. The van der Waals surface area contributed by atoms with Crippen LogP contribution in [0.1, 0.15) is 0 Å². The van der Waals surface area contributed by atoms with E-state index in [2.05, 4.69) is 5.32 Å². The molecule has 0 amide bonds. The molecular formula is C9H13NO2. The Labute approximate surface area is 72.3 Å². The van der Waals surface area contributed by atoms with Gasteiger partial charge in [0, 0.05) is 19.9 Å². The van der Waals surface area contributed by atoms with E-state index in [0.29, 0.717) is 0 Å². The molecule has 12 heavy (non-hydrogen) atoms. The topological polar surface area (TPSA) is 30.5 Å². The van der Waals surface area contributed by atoms with Crippen molar-refractivity contribution in [3.05, 3.63) is 30.3 Å². The molecule has 0 saturated heterocycles. The summed E-state index contributed by atoms with van der Waals surface area (Å²) in [6.07, 6.45) is -0.382. The van der Waals surface area contributed by atoms with Crippen molar-refractivity contribution in [2.24, 2.45) is 0 Å². The van der Waals surface area contributed by atoms with Crippen LogP contribution in [-0.4, -0.2) is 20.6 Å². The third-order valence-corrected chi connectivity index (χ3v) is 1.49. The van der Waals surface area contributed by atoms with Gasteiger partial charge in [0.1, 0.15) is 0 Å². The molecule has 3 heteroatoms. The molecule has 0 aromatic heterocycles. The summed E-state index contributed by atoms with van der Waals surface area (Å²) < 4.78 is 9.94. The van der Waals surface area contributed by atoms with Crippen molar-refractivity contribution in [3.63, 3.8) is 0 Å². The highest BCUT2D eigenvalue weighted by molar-refractivity contribution is 5.42. The van der Waals surface area contributed by atoms with Gasteiger partial charge < -0.3 is 14.8 Å². The molecule has 1 aromatic carbocycles. The van der Waals surface area contributed by atoms with Crippen LogP contribution in [0.25, 0.3) is 0 Å². The minimum atomic E-state index is -0.382. The van der Waals surface area contributed by atoms with Crippen molar-refractivity contribution in [1.82, 2.24) is 0 Å². The summed E-state index contributed by atoms with van der Waals surface area (Å²) in [6, 6.07) is 9.76. The summed E-state index contributed by atoms with van der Waals surface area (Å²) in [5.74, 6) is 0. The zero-order valence-electron chi connectivity index (χ0n) is 7.28. The van der Waals surface area contributed by atoms with Crippen LogP contribution in [0, 0.1) is 0 Å². The van der Waals surface area contributed by atoms with Gasteiger partial charge in [-0.25, -0.2) is 0 Å². The second-order valence-corrected chi connectivity index (χ2v) is 2.31. The molecule has 0 unspecified atom stereocenters. The highest BCUT2D eigenvalue weighted by Gasteiger charge is 2.01. The van der Waals surface area contributed by atoms with Crippen LogP contribution >= 0.6 is 0 Å². The molecule has 0 fully saturated rings. The average molecular weight is 167 g/mol. The first-order valence-electron chi connectivity index (χ1n) is 3.74. The molecule has 1 N–H and O–H groups in total. The number of anilines is 1. The molecule has 0 heterocycles. The van der Waals surface area contributed by atoms with Crippen LogP contribution in [0.3, 0.4) is 0 Å². The fraction of sp³-hybridized carbons (Fsp3) is 0.333. The highest BCUT2D eigenvalue weighted by atomic mass is 16.7. The molecule has 66 valence electrons. The van der Waals surface area contributed by atoms with E-state index in [9.17, 15) is 0 Å². The number of ether oxygens (including phenoxy) is 2. The van der Waals surface area contributed by atoms with Crippen LogP contribution in [0.5, 0.6) is 0 Å². The van der Waals surface area contributed by atoms with Crippen LogP contribution < -0.4 is 5.32 Å². The van der Waals surface area contributed by atoms with Gasteiger partial charge in [-0.05, 0) is 12.1 Å². The number of benzene rings is 1. The fourth-order valence-electron chi connectivity index (χ4n) is 0.885. The van der Waals surface area contributed by atoms with Gasteiger partial charge >= 0.3 is 0 Å². The molecule has 0 radical (unpaired) electrons. The summed E-state index contributed by atoms with van der Waals surface area (Å²) in [7, 11) is 3.17. The van der Waals surface area contributed by atoms with Crippen molar-refractivity contribution in [1.29, 1.82) is 0 Å². The van der Waals surface area contributed by atoms with Crippen molar-refractivity contribution in [3.8, 4) is 0 Å². The Bertz CT molecular complexity index is 209. The molecule has 0 aliphatic carbocycles. The summed E-state index contributed by atoms with van der Waals surface area (Å²) in [5.41, 5.74) is 0.978. The molecule has 1 rings (SSSR count). The van der Waals surface area contributed by atoms with Crippen molar-refractivity contribution in [2.75, 3.05) is 19.5 Å². The third-order valence-electron chi connectivity index (χ3n) is 1.49. The molecule has 0 aliphatic heterocycles. The molecule has 0 atom stereocenters. The lowest BCUT2D eigenvalue weighted by molar-refractivity contribution is -0.0808. The number of hydrogen-bond donors (Lipinski definition) is 1. The van der Waals surface area contributed by atoms with Crippen LogP contribution in [0.4, 0.5) is 5.69 Å². The predicted molar refractivity (Wildman–Crippen MR) is 47.9 cm³/mol. The summed E-state index contributed by atoms with van der Waals surface area (Å²) in [4.78, 5) is 0. The van der Waals surface area contributed by atoms with Crippen LogP contribution in [0.2, 0.25) is 0 Å². The number of nitrogens with one attached hydrogen (secondary N) is 1. The maximum absolute atomic E-state index is 4.97. The predicted octanol–water partition coefficient (Wildman–Crippen LogP) is 1.67. The normalized spacial score (nSPS) is 10.2. The average Bonchev–Trinajstić information content (AvgIpc) is 2.16. The van der Waals surface area contributed by atoms with Crippen molar-refractivity contribution in [2.45, 2.75) is 6.41 Å². The van der Waals surface area contributed by atoms with Gasteiger partial charge in [-0.1, -0.05) is 18.2 Å². The Morgan fingerprint density at radius 3 is 2.17 bits per heavy atom. The van der Waals surface area contributed by atoms with Crippen LogP contribution in [0.15, 0.2) is 30.3 Å². The van der Waals surface area contributed by atoms with Gasteiger partial charge in [0.15, 0.2) is 0 Å². The van der Waals surface area contributed by atoms with E-state index in [1.54, 1.807) is 14.2 Å². The minimum Gasteiger partial charge on any atom is -0.339 e. The minimum absolute atomic E-state index is 0.382. The van der Waals surface area contributed by atoms with E-state index in [0.717, 1.165) is 5.69 Å². The summed E-state index contributed by atoms with van der Waals surface area (Å²) in [6.45, 7) is 0.